The summed E-state index contributed by atoms with van der Waals surface area (Å²) in [6.45, 7) is 0. The molecular weight excluding hydrogens is 254 g/mol. The van der Waals surface area contributed by atoms with E-state index < -0.39 is 5.97 Å². The average molecular weight is 267 g/mol. The molecule has 0 fully saturated rings. The molecule has 1 atom stereocenters. The van der Waals surface area contributed by atoms with Crippen molar-refractivity contribution in [2.24, 2.45) is 0 Å². The van der Waals surface area contributed by atoms with Crippen molar-refractivity contribution in [1.82, 2.24) is 5.32 Å². The molecule has 0 saturated heterocycles. The zero-order valence-corrected chi connectivity index (χ0v) is 10.7. The quantitative estimate of drug-likeness (QED) is 0.878. The lowest BCUT2D eigenvalue weighted by Gasteiger charge is -2.26. The van der Waals surface area contributed by atoms with E-state index in [0.29, 0.717) is 12.0 Å². The zero-order valence-electron chi connectivity index (χ0n) is 10.7. The van der Waals surface area contributed by atoms with E-state index in [-0.39, 0.29) is 17.5 Å². The number of carbonyl (C=O) groups is 2. The van der Waals surface area contributed by atoms with Gasteiger partial charge in [-0.15, -0.1) is 0 Å². The molecule has 2 aromatic rings. The van der Waals surface area contributed by atoms with Crippen LogP contribution in [0.3, 0.4) is 0 Å². The van der Waals surface area contributed by atoms with Gasteiger partial charge in [0.15, 0.2) is 0 Å². The summed E-state index contributed by atoms with van der Waals surface area (Å²) in [7, 11) is 0. The molecule has 3 rings (SSSR count). The Morgan fingerprint density at radius 2 is 1.90 bits per heavy atom. The van der Waals surface area contributed by atoms with Gasteiger partial charge in [0, 0.05) is 5.56 Å². The number of fused-ring (bicyclic) bond motifs is 1. The SMILES string of the molecule is O=C(O)c1ccc2c(c1)CC(c1ccccc1)NC2=O. The van der Waals surface area contributed by atoms with Gasteiger partial charge in [-0.3, -0.25) is 4.79 Å². The minimum absolute atomic E-state index is 0.111. The zero-order chi connectivity index (χ0) is 14.1. The lowest BCUT2D eigenvalue weighted by atomic mass is 9.90. The first-order valence-corrected chi connectivity index (χ1v) is 6.37. The summed E-state index contributed by atoms with van der Waals surface area (Å²) in [6, 6.07) is 14.2. The Kier molecular flexibility index (Phi) is 2.99. The van der Waals surface area contributed by atoms with Crippen LogP contribution in [0.4, 0.5) is 0 Å². The molecule has 2 aromatic carbocycles. The minimum Gasteiger partial charge on any atom is -0.478 e. The fourth-order valence-corrected chi connectivity index (χ4v) is 2.51. The first kappa shape index (κ1) is 12.4. The van der Waals surface area contributed by atoms with Crippen LogP contribution in [-0.2, 0) is 6.42 Å². The first-order chi connectivity index (χ1) is 9.65. The number of carbonyl (C=O) groups excluding carboxylic acids is 1. The molecule has 0 saturated carbocycles. The fourth-order valence-electron chi connectivity index (χ4n) is 2.51. The van der Waals surface area contributed by atoms with Crippen molar-refractivity contribution in [1.29, 1.82) is 0 Å². The molecular formula is C16H13NO3. The van der Waals surface area contributed by atoms with Crippen molar-refractivity contribution in [3.05, 3.63) is 70.8 Å². The van der Waals surface area contributed by atoms with Crippen LogP contribution in [0.2, 0.25) is 0 Å². The Balaban J connectivity index is 1.99. The molecule has 0 aliphatic carbocycles. The lowest BCUT2D eigenvalue weighted by Crippen LogP contribution is -2.35. The third kappa shape index (κ3) is 2.16. The summed E-state index contributed by atoms with van der Waals surface area (Å²) in [5.41, 5.74) is 2.57. The van der Waals surface area contributed by atoms with Gasteiger partial charge >= 0.3 is 5.97 Å². The standard InChI is InChI=1S/C16H13NO3/c18-15-13-7-6-11(16(19)20)8-12(13)9-14(17-15)10-4-2-1-3-5-10/h1-8,14H,9H2,(H,17,18)(H,19,20). The van der Waals surface area contributed by atoms with E-state index in [2.05, 4.69) is 5.32 Å². The van der Waals surface area contributed by atoms with Gasteiger partial charge < -0.3 is 10.4 Å². The maximum atomic E-state index is 12.1. The number of hydrogen-bond acceptors (Lipinski definition) is 2. The highest BCUT2D eigenvalue weighted by atomic mass is 16.4. The maximum absolute atomic E-state index is 12.1. The summed E-state index contributed by atoms with van der Waals surface area (Å²) in [5, 5.41) is 12.0. The molecule has 1 aliphatic heterocycles. The topological polar surface area (TPSA) is 66.4 Å². The van der Waals surface area contributed by atoms with Crippen molar-refractivity contribution in [3.8, 4) is 0 Å². The molecule has 1 unspecified atom stereocenters. The monoisotopic (exact) mass is 267 g/mol. The summed E-state index contributed by atoms with van der Waals surface area (Å²) < 4.78 is 0. The Morgan fingerprint density at radius 3 is 2.60 bits per heavy atom. The molecule has 20 heavy (non-hydrogen) atoms. The van der Waals surface area contributed by atoms with E-state index >= 15 is 0 Å². The first-order valence-electron chi connectivity index (χ1n) is 6.37. The van der Waals surface area contributed by atoms with Crippen LogP contribution < -0.4 is 5.32 Å². The third-order valence-electron chi connectivity index (χ3n) is 3.53. The van der Waals surface area contributed by atoms with Crippen LogP contribution >= 0.6 is 0 Å². The summed E-state index contributed by atoms with van der Waals surface area (Å²) in [4.78, 5) is 23.1. The van der Waals surface area contributed by atoms with E-state index in [4.69, 9.17) is 5.11 Å². The molecule has 1 heterocycles. The van der Waals surface area contributed by atoms with E-state index in [0.717, 1.165) is 11.1 Å². The second kappa shape index (κ2) is 4.81. The fraction of sp³-hybridized carbons (Fsp3) is 0.125. The van der Waals surface area contributed by atoms with Gasteiger partial charge in [-0.25, -0.2) is 4.79 Å². The Hall–Kier alpha value is -2.62. The molecule has 100 valence electrons. The largest absolute Gasteiger partial charge is 0.478 e. The second-order valence-electron chi connectivity index (χ2n) is 4.82. The van der Waals surface area contributed by atoms with Gasteiger partial charge in [0.1, 0.15) is 0 Å². The summed E-state index contributed by atoms with van der Waals surface area (Å²) >= 11 is 0. The van der Waals surface area contributed by atoms with Crippen molar-refractivity contribution in [2.75, 3.05) is 0 Å². The summed E-state index contributed by atoms with van der Waals surface area (Å²) in [6.07, 6.45) is 0.603. The predicted molar refractivity (Wildman–Crippen MR) is 73.8 cm³/mol. The highest BCUT2D eigenvalue weighted by Crippen LogP contribution is 2.26. The normalized spacial score (nSPS) is 17.2. The molecule has 4 heteroatoms. The van der Waals surface area contributed by atoms with Gasteiger partial charge in [0.25, 0.3) is 5.91 Å². The van der Waals surface area contributed by atoms with Crippen molar-refractivity contribution < 1.29 is 14.7 Å². The predicted octanol–water partition coefficient (Wildman–Crippen LogP) is 2.41. The highest BCUT2D eigenvalue weighted by molar-refractivity contribution is 5.98. The van der Waals surface area contributed by atoms with Gasteiger partial charge in [-0.1, -0.05) is 30.3 Å². The van der Waals surface area contributed by atoms with Crippen molar-refractivity contribution in [3.63, 3.8) is 0 Å². The van der Waals surface area contributed by atoms with Crippen LogP contribution in [0.5, 0.6) is 0 Å². The number of benzene rings is 2. The molecule has 0 radical (unpaired) electrons. The molecule has 1 amide bonds. The molecule has 1 aliphatic rings. The summed E-state index contributed by atoms with van der Waals surface area (Å²) in [5.74, 6) is -1.13. The van der Waals surface area contributed by atoms with Gasteiger partial charge in [-0.2, -0.15) is 0 Å². The van der Waals surface area contributed by atoms with Crippen LogP contribution in [0.1, 0.15) is 37.9 Å². The van der Waals surface area contributed by atoms with E-state index in [1.807, 2.05) is 30.3 Å². The number of amides is 1. The Labute approximate surface area is 116 Å². The Morgan fingerprint density at radius 1 is 1.15 bits per heavy atom. The van der Waals surface area contributed by atoms with Gasteiger partial charge in [-0.05, 0) is 35.7 Å². The van der Waals surface area contributed by atoms with Crippen molar-refractivity contribution >= 4 is 11.9 Å². The van der Waals surface area contributed by atoms with Gasteiger partial charge in [0.2, 0.25) is 0 Å². The Bertz CT molecular complexity index is 679. The molecule has 4 nitrogen and oxygen atoms in total. The lowest BCUT2D eigenvalue weighted by molar-refractivity contribution is 0.0695. The van der Waals surface area contributed by atoms with Crippen LogP contribution in [-0.4, -0.2) is 17.0 Å². The average Bonchev–Trinajstić information content (AvgIpc) is 2.47. The molecule has 2 N–H and O–H groups in total. The number of aromatic carboxylic acids is 1. The maximum Gasteiger partial charge on any atom is 0.335 e. The number of rotatable bonds is 2. The van der Waals surface area contributed by atoms with Crippen LogP contribution in [0.15, 0.2) is 48.5 Å². The molecule has 0 bridgehead atoms. The van der Waals surface area contributed by atoms with E-state index in [9.17, 15) is 9.59 Å². The smallest absolute Gasteiger partial charge is 0.335 e. The number of hydrogen-bond donors (Lipinski definition) is 2. The minimum atomic E-state index is -0.977. The molecule has 0 spiro atoms. The van der Waals surface area contributed by atoms with Crippen molar-refractivity contribution in [2.45, 2.75) is 12.5 Å². The highest BCUT2D eigenvalue weighted by Gasteiger charge is 2.25. The third-order valence-corrected chi connectivity index (χ3v) is 3.53. The van der Waals surface area contributed by atoms with Gasteiger partial charge in [0.05, 0.1) is 11.6 Å². The van der Waals surface area contributed by atoms with E-state index in [1.165, 1.54) is 6.07 Å². The van der Waals surface area contributed by atoms with Crippen LogP contribution in [0.25, 0.3) is 0 Å². The second-order valence-corrected chi connectivity index (χ2v) is 4.82. The number of carboxylic acid groups (broad SMARTS) is 1. The molecule has 0 aromatic heterocycles. The number of carboxylic acids is 1. The van der Waals surface area contributed by atoms with E-state index in [1.54, 1.807) is 12.1 Å². The van der Waals surface area contributed by atoms with Crippen LogP contribution in [0, 0.1) is 0 Å². The number of nitrogens with one attached hydrogen (secondary N) is 1.